The second-order valence-corrected chi connectivity index (χ2v) is 4.75. The highest BCUT2D eigenvalue weighted by Crippen LogP contribution is 2.18. The number of aliphatic hydroxyl groups excluding tert-OH is 1. The highest BCUT2D eigenvalue weighted by Gasteiger charge is 2.21. The zero-order chi connectivity index (χ0) is 13.0. The number of hydrazine groups is 1. The Kier molecular flexibility index (Phi) is 4.30. The van der Waals surface area contributed by atoms with Crippen molar-refractivity contribution in [2.45, 2.75) is 13.0 Å². The van der Waals surface area contributed by atoms with Crippen LogP contribution in [0.3, 0.4) is 0 Å². The van der Waals surface area contributed by atoms with Crippen molar-refractivity contribution >= 4 is 5.91 Å². The maximum absolute atomic E-state index is 11.4. The Morgan fingerprint density at radius 3 is 3.06 bits per heavy atom. The number of carbonyl (C=O) groups is 1. The molecule has 1 aromatic carbocycles. The molecule has 18 heavy (non-hydrogen) atoms. The molecule has 0 aliphatic carbocycles. The first-order chi connectivity index (χ1) is 8.72. The fourth-order valence-corrected chi connectivity index (χ4v) is 2.36. The van der Waals surface area contributed by atoms with E-state index >= 15 is 0 Å². The van der Waals surface area contributed by atoms with Crippen LogP contribution in [0.5, 0.6) is 0 Å². The molecule has 1 heterocycles. The fourth-order valence-electron chi connectivity index (χ4n) is 2.36. The van der Waals surface area contributed by atoms with Gasteiger partial charge in [-0.3, -0.25) is 15.1 Å². The smallest absolute Gasteiger partial charge is 0.265 e. The fraction of sp³-hybridized carbons (Fsp3) is 0.462. The second-order valence-electron chi connectivity index (χ2n) is 4.75. The molecule has 1 fully saturated rings. The number of benzene rings is 1. The van der Waals surface area contributed by atoms with E-state index in [1.165, 1.54) is 0 Å². The summed E-state index contributed by atoms with van der Waals surface area (Å²) in [5.74, 6) is 5.23. The average molecular weight is 249 g/mol. The Morgan fingerprint density at radius 1 is 1.56 bits per heavy atom. The van der Waals surface area contributed by atoms with Gasteiger partial charge in [-0.05, 0) is 36.6 Å². The van der Waals surface area contributed by atoms with Crippen LogP contribution in [0.4, 0.5) is 0 Å². The number of aliphatic hydroxyl groups is 1. The van der Waals surface area contributed by atoms with E-state index in [0.717, 1.165) is 31.6 Å². The Bertz CT molecular complexity index is 422. The molecule has 0 spiro atoms. The maximum Gasteiger partial charge on any atom is 0.265 e. The molecule has 1 amide bonds. The van der Waals surface area contributed by atoms with Crippen LogP contribution in [0, 0.1) is 5.92 Å². The lowest BCUT2D eigenvalue weighted by Crippen LogP contribution is -2.30. The van der Waals surface area contributed by atoms with E-state index in [1.54, 1.807) is 6.07 Å². The van der Waals surface area contributed by atoms with Crippen molar-refractivity contribution < 1.29 is 9.90 Å². The Balaban J connectivity index is 1.99. The quantitative estimate of drug-likeness (QED) is 0.402. The second kappa shape index (κ2) is 5.95. The van der Waals surface area contributed by atoms with Crippen LogP contribution in [0.25, 0.3) is 0 Å². The first-order valence-electron chi connectivity index (χ1n) is 6.16. The number of nitrogen functional groups attached to an aromatic ring is 1. The van der Waals surface area contributed by atoms with Crippen molar-refractivity contribution in [2.24, 2.45) is 11.8 Å². The predicted octanol–water partition coefficient (Wildman–Crippen LogP) is 0.104. The summed E-state index contributed by atoms with van der Waals surface area (Å²) in [5.41, 5.74) is 3.80. The molecule has 5 heteroatoms. The molecule has 0 radical (unpaired) electrons. The summed E-state index contributed by atoms with van der Waals surface area (Å²) in [4.78, 5) is 13.7. The molecule has 98 valence electrons. The number of hydrogen-bond donors (Lipinski definition) is 3. The van der Waals surface area contributed by atoms with Gasteiger partial charge in [-0.1, -0.05) is 12.1 Å². The van der Waals surface area contributed by atoms with Crippen LogP contribution in [-0.2, 0) is 6.54 Å². The van der Waals surface area contributed by atoms with Crippen molar-refractivity contribution in [3.8, 4) is 0 Å². The molecular weight excluding hydrogens is 230 g/mol. The van der Waals surface area contributed by atoms with Gasteiger partial charge >= 0.3 is 0 Å². The van der Waals surface area contributed by atoms with Crippen LogP contribution < -0.4 is 11.3 Å². The maximum atomic E-state index is 11.4. The van der Waals surface area contributed by atoms with Crippen molar-refractivity contribution in [3.05, 3.63) is 35.4 Å². The van der Waals surface area contributed by atoms with Crippen LogP contribution in [0.1, 0.15) is 22.3 Å². The number of hydrogen-bond acceptors (Lipinski definition) is 4. The number of carbonyl (C=O) groups excluding carboxylic acids is 1. The summed E-state index contributed by atoms with van der Waals surface area (Å²) in [6.45, 7) is 2.98. The van der Waals surface area contributed by atoms with Gasteiger partial charge in [-0.2, -0.15) is 0 Å². The molecular formula is C13H19N3O2. The normalized spacial score (nSPS) is 20.0. The van der Waals surface area contributed by atoms with Crippen LogP contribution in [0.15, 0.2) is 24.3 Å². The van der Waals surface area contributed by atoms with Gasteiger partial charge < -0.3 is 5.11 Å². The highest BCUT2D eigenvalue weighted by atomic mass is 16.3. The summed E-state index contributed by atoms with van der Waals surface area (Å²) < 4.78 is 0. The van der Waals surface area contributed by atoms with E-state index in [9.17, 15) is 4.79 Å². The first-order valence-corrected chi connectivity index (χ1v) is 6.16. The van der Waals surface area contributed by atoms with Crippen molar-refractivity contribution in [3.63, 3.8) is 0 Å². The summed E-state index contributed by atoms with van der Waals surface area (Å²) in [6.07, 6.45) is 1.04. The van der Waals surface area contributed by atoms with E-state index in [4.69, 9.17) is 10.9 Å². The molecule has 5 nitrogen and oxygen atoms in total. The van der Waals surface area contributed by atoms with Crippen LogP contribution >= 0.6 is 0 Å². The minimum absolute atomic E-state index is 0.256. The molecule has 1 saturated heterocycles. The molecule has 0 bridgehead atoms. The zero-order valence-electron chi connectivity index (χ0n) is 10.3. The average Bonchev–Trinajstić information content (AvgIpc) is 2.86. The molecule has 1 aromatic rings. The van der Waals surface area contributed by atoms with Gasteiger partial charge in [-0.25, -0.2) is 5.84 Å². The Morgan fingerprint density at radius 2 is 2.39 bits per heavy atom. The zero-order valence-corrected chi connectivity index (χ0v) is 10.3. The summed E-state index contributed by atoms with van der Waals surface area (Å²) >= 11 is 0. The topological polar surface area (TPSA) is 78.6 Å². The van der Waals surface area contributed by atoms with Crippen LogP contribution in [-0.4, -0.2) is 35.6 Å². The number of nitrogens with two attached hydrogens (primary N) is 1. The highest BCUT2D eigenvalue weighted by molar-refractivity contribution is 5.93. The SMILES string of the molecule is NNC(=O)c1cccc(CN2CCC(CO)C2)c1. The van der Waals surface area contributed by atoms with E-state index in [2.05, 4.69) is 10.3 Å². The summed E-state index contributed by atoms with van der Waals surface area (Å²) in [7, 11) is 0. The van der Waals surface area contributed by atoms with E-state index in [-0.39, 0.29) is 12.5 Å². The lowest BCUT2D eigenvalue weighted by molar-refractivity contribution is 0.0953. The third-order valence-electron chi connectivity index (χ3n) is 3.35. The van der Waals surface area contributed by atoms with Gasteiger partial charge in [0.15, 0.2) is 0 Å². The Hall–Kier alpha value is -1.43. The van der Waals surface area contributed by atoms with Gasteiger partial charge in [-0.15, -0.1) is 0 Å². The number of amides is 1. The van der Waals surface area contributed by atoms with E-state index < -0.39 is 0 Å². The minimum Gasteiger partial charge on any atom is -0.396 e. The van der Waals surface area contributed by atoms with Gasteiger partial charge in [0.25, 0.3) is 5.91 Å². The van der Waals surface area contributed by atoms with Crippen molar-refractivity contribution in [1.29, 1.82) is 0 Å². The molecule has 0 saturated carbocycles. The summed E-state index contributed by atoms with van der Waals surface area (Å²) in [5, 5.41) is 9.11. The largest absolute Gasteiger partial charge is 0.396 e. The third kappa shape index (κ3) is 3.07. The number of nitrogens with one attached hydrogen (secondary N) is 1. The predicted molar refractivity (Wildman–Crippen MR) is 68.6 cm³/mol. The molecule has 1 atom stereocenters. The van der Waals surface area contributed by atoms with E-state index in [0.29, 0.717) is 11.5 Å². The van der Waals surface area contributed by atoms with E-state index in [1.807, 2.05) is 18.2 Å². The van der Waals surface area contributed by atoms with Crippen LogP contribution in [0.2, 0.25) is 0 Å². The molecule has 1 unspecified atom stereocenters. The molecule has 0 aromatic heterocycles. The Labute approximate surface area is 107 Å². The lowest BCUT2D eigenvalue weighted by atomic mass is 10.1. The molecule has 4 N–H and O–H groups in total. The van der Waals surface area contributed by atoms with Crippen molar-refractivity contribution in [2.75, 3.05) is 19.7 Å². The van der Waals surface area contributed by atoms with Gasteiger partial charge in [0, 0.05) is 25.3 Å². The number of rotatable bonds is 4. The third-order valence-corrected chi connectivity index (χ3v) is 3.35. The summed E-state index contributed by atoms with van der Waals surface area (Å²) in [6, 6.07) is 7.46. The standard InChI is InChI=1S/C13H19N3O2/c14-15-13(18)12-3-1-2-10(6-12)7-16-5-4-11(8-16)9-17/h1-3,6,11,17H,4-5,7-9,14H2,(H,15,18). The van der Waals surface area contributed by atoms with Crippen molar-refractivity contribution in [1.82, 2.24) is 10.3 Å². The van der Waals surface area contributed by atoms with Gasteiger partial charge in [0.1, 0.15) is 0 Å². The lowest BCUT2D eigenvalue weighted by Gasteiger charge is -2.16. The number of nitrogens with zero attached hydrogens (tertiary/aromatic N) is 1. The van der Waals surface area contributed by atoms with Gasteiger partial charge in [0.05, 0.1) is 0 Å². The molecule has 2 rings (SSSR count). The van der Waals surface area contributed by atoms with Gasteiger partial charge in [0.2, 0.25) is 0 Å². The number of likely N-dealkylation sites (tertiary alicyclic amines) is 1. The first kappa shape index (κ1) is 13.0. The molecule has 1 aliphatic heterocycles. The minimum atomic E-state index is -0.272. The molecule has 1 aliphatic rings. The monoisotopic (exact) mass is 249 g/mol.